The predicted octanol–water partition coefficient (Wildman–Crippen LogP) is -0.357. The van der Waals surface area contributed by atoms with E-state index in [1.54, 1.807) is 11.8 Å². The van der Waals surface area contributed by atoms with Gasteiger partial charge in [-0.3, -0.25) is 9.59 Å². The van der Waals surface area contributed by atoms with Gasteiger partial charge >= 0.3 is 0 Å². The second-order valence-electron chi connectivity index (χ2n) is 2.31. The topological polar surface area (TPSA) is 106 Å². The summed E-state index contributed by atoms with van der Waals surface area (Å²) in [5, 5.41) is 7.42. The van der Waals surface area contributed by atoms with Crippen LogP contribution in [0.1, 0.15) is 13.3 Å². The van der Waals surface area contributed by atoms with Crippen LogP contribution in [0.25, 0.3) is 0 Å². The quantitative estimate of drug-likeness (QED) is 0.585. The van der Waals surface area contributed by atoms with Crippen molar-refractivity contribution in [2.24, 2.45) is 11.5 Å². The van der Waals surface area contributed by atoms with E-state index in [4.69, 9.17) is 21.4 Å². The van der Waals surface area contributed by atoms with Gasteiger partial charge in [-0.05, 0) is 18.4 Å². The lowest BCUT2D eigenvalue weighted by molar-refractivity contribution is -0.134. The molecule has 78 valence electrons. The fraction of sp³-hybridized carbons (Fsp3) is 0.714. The van der Waals surface area contributed by atoms with Gasteiger partial charge in [0.1, 0.15) is 0 Å². The molecule has 5 nitrogen and oxygen atoms in total. The van der Waals surface area contributed by atoms with Gasteiger partial charge in [-0.1, -0.05) is 0 Å². The number of nitrogens with two attached hydrogens (primary N) is 2. The monoisotopic (exact) mass is 208 g/mol. The van der Waals surface area contributed by atoms with Crippen molar-refractivity contribution in [3.05, 3.63) is 0 Å². The minimum Gasteiger partial charge on any atom is -0.481 e. The number of hydrogen-bond acceptors (Lipinski definition) is 4. The van der Waals surface area contributed by atoms with Crippen LogP contribution in [0.15, 0.2) is 0 Å². The van der Waals surface area contributed by atoms with Crippen LogP contribution in [0.4, 0.5) is 0 Å². The number of hydrogen-bond donors (Lipinski definition) is 3. The van der Waals surface area contributed by atoms with Crippen LogP contribution in [-0.4, -0.2) is 35.0 Å². The molecule has 0 aliphatic rings. The summed E-state index contributed by atoms with van der Waals surface area (Å²) in [5.41, 5.74) is 10.2. The summed E-state index contributed by atoms with van der Waals surface area (Å²) in [7, 11) is 0. The Kier molecular flexibility index (Phi) is 10.6. The van der Waals surface area contributed by atoms with Crippen molar-refractivity contribution in [3.63, 3.8) is 0 Å². The maximum atomic E-state index is 10.3. The van der Waals surface area contributed by atoms with E-state index < -0.39 is 17.9 Å². The summed E-state index contributed by atoms with van der Waals surface area (Å²) in [6, 6.07) is -0.461. The first-order valence-corrected chi connectivity index (χ1v) is 5.04. The van der Waals surface area contributed by atoms with Crippen molar-refractivity contribution in [2.75, 3.05) is 12.0 Å². The largest absolute Gasteiger partial charge is 0.481 e. The summed E-state index contributed by atoms with van der Waals surface area (Å²) < 4.78 is 0. The molecule has 0 saturated carbocycles. The molecule has 0 unspecified atom stereocenters. The highest BCUT2D eigenvalue weighted by Gasteiger charge is 2.06. The standard InChI is InChI=1S/C5H12N2OS.C2H4O2/c1-9-3-2-4(6)5(7)8;1-2(3)4/h4H,2-3,6H2,1H3,(H2,7,8);1H3,(H,3,4)/t4-;/m0./s1. The molecule has 0 aliphatic heterocycles. The Balaban J connectivity index is 0. The molecule has 0 aromatic rings. The molecule has 5 N–H and O–H groups in total. The van der Waals surface area contributed by atoms with Crippen LogP contribution in [0.5, 0.6) is 0 Å². The van der Waals surface area contributed by atoms with E-state index in [1.165, 1.54) is 0 Å². The molecule has 0 heterocycles. The number of thioether (sulfide) groups is 1. The summed E-state index contributed by atoms with van der Waals surface area (Å²) in [6.07, 6.45) is 2.64. The van der Waals surface area contributed by atoms with Crippen LogP contribution >= 0.6 is 11.8 Å². The number of carbonyl (C=O) groups excluding carboxylic acids is 1. The fourth-order valence-electron chi connectivity index (χ4n) is 0.387. The molecule has 0 rings (SSSR count). The first-order valence-electron chi connectivity index (χ1n) is 3.65. The normalized spacial score (nSPS) is 11.0. The van der Waals surface area contributed by atoms with E-state index in [2.05, 4.69) is 0 Å². The van der Waals surface area contributed by atoms with Gasteiger partial charge in [0.05, 0.1) is 6.04 Å². The third-order valence-corrected chi connectivity index (χ3v) is 1.64. The molecule has 0 fully saturated rings. The highest BCUT2D eigenvalue weighted by Crippen LogP contribution is 1.97. The summed E-state index contributed by atoms with van der Waals surface area (Å²) in [6.45, 7) is 1.08. The second-order valence-corrected chi connectivity index (χ2v) is 3.29. The first kappa shape index (κ1) is 14.8. The molecule has 0 saturated heterocycles. The van der Waals surface area contributed by atoms with E-state index >= 15 is 0 Å². The summed E-state index contributed by atoms with van der Waals surface area (Å²) in [5.74, 6) is -0.353. The van der Waals surface area contributed by atoms with Gasteiger partial charge in [-0.2, -0.15) is 11.8 Å². The molecule has 1 atom stereocenters. The molecule has 6 heteroatoms. The summed E-state index contributed by atoms with van der Waals surface area (Å²) in [4.78, 5) is 19.3. The lowest BCUT2D eigenvalue weighted by atomic mass is 10.2. The molecule has 13 heavy (non-hydrogen) atoms. The lowest BCUT2D eigenvalue weighted by Crippen LogP contribution is -2.36. The molecular weight excluding hydrogens is 192 g/mol. The average molecular weight is 208 g/mol. The number of carboxylic acids is 1. The number of carboxylic acid groups (broad SMARTS) is 1. The molecule has 0 aromatic carbocycles. The summed E-state index contributed by atoms with van der Waals surface area (Å²) >= 11 is 1.66. The van der Waals surface area contributed by atoms with Gasteiger partial charge in [-0.15, -0.1) is 0 Å². The van der Waals surface area contributed by atoms with Crippen molar-refractivity contribution in [1.82, 2.24) is 0 Å². The van der Waals surface area contributed by atoms with Gasteiger partial charge in [0.25, 0.3) is 5.97 Å². The molecule has 0 bridgehead atoms. The Bertz CT molecular complexity index is 160. The van der Waals surface area contributed by atoms with Crippen LogP contribution < -0.4 is 11.5 Å². The maximum absolute atomic E-state index is 10.3. The molecule has 0 radical (unpaired) electrons. The Morgan fingerprint density at radius 3 is 2.15 bits per heavy atom. The van der Waals surface area contributed by atoms with E-state index in [0.29, 0.717) is 6.42 Å². The van der Waals surface area contributed by atoms with Crippen LogP contribution in [0.2, 0.25) is 0 Å². The predicted molar refractivity (Wildman–Crippen MR) is 53.5 cm³/mol. The van der Waals surface area contributed by atoms with Crippen LogP contribution in [0, 0.1) is 0 Å². The van der Waals surface area contributed by atoms with Crippen LogP contribution in [0.3, 0.4) is 0 Å². The van der Waals surface area contributed by atoms with E-state index in [-0.39, 0.29) is 0 Å². The Morgan fingerprint density at radius 1 is 1.54 bits per heavy atom. The van der Waals surface area contributed by atoms with Crippen molar-refractivity contribution in [3.8, 4) is 0 Å². The van der Waals surface area contributed by atoms with Crippen molar-refractivity contribution < 1.29 is 14.7 Å². The number of rotatable bonds is 4. The van der Waals surface area contributed by atoms with Gasteiger partial charge in [0.15, 0.2) is 0 Å². The number of aliphatic carboxylic acids is 1. The first-order chi connectivity index (χ1) is 5.91. The second kappa shape index (κ2) is 9.34. The zero-order valence-corrected chi connectivity index (χ0v) is 8.63. The lowest BCUT2D eigenvalue weighted by Gasteiger charge is -2.03. The highest BCUT2D eigenvalue weighted by molar-refractivity contribution is 7.98. The van der Waals surface area contributed by atoms with E-state index in [0.717, 1.165) is 12.7 Å². The molecule has 0 aliphatic carbocycles. The number of amides is 1. The van der Waals surface area contributed by atoms with Gasteiger partial charge < -0.3 is 16.6 Å². The van der Waals surface area contributed by atoms with E-state index in [9.17, 15) is 4.79 Å². The third kappa shape index (κ3) is 18.3. The Labute approximate surface area is 81.9 Å². The van der Waals surface area contributed by atoms with Crippen molar-refractivity contribution in [2.45, 2.75) is 19.4 Å². The minimum absolute atomic E-state index is 0.413. The van der Waals surface area contributed by atoms with Gasteiger partial charge in [-0.25, -0.2) is 0 Å². The third-order valence-electron chi connectivity index (χ3n) is 0.998. The number of primary amides is 1. The zero-order chi connectivity index (χ0) is 10.9. The Hall–Kier alpha value is -0.750. The molecule has 0 aromatic heterocycles. The van der Waals surface area contributed by atoms with Crippen molar-refractivity contribution in [1.29, 1.82) is 0 Å². The van der Waals surface area contributed by atoms with Crippen LogP contribution in [-0.2, 0) is 9.59 Å². The maximum Gasteiger partial charge on any atom is 0.300 e. The number of carbonyl (C=O) groups is 2. The van der Waals surface area contributed by atoms with Gasteiger partial charge in [0, 0.05) is 6.92 Å². The van der Waals surface area contributed by atoms with E-state index in [1.807, 2.05) is 6.26 Å². The molecule has 0 spiro atoms. The average Bonchev–Trinajstić information content (AvgIpc) is 1.98. The van der Waals surface area contributed by atoms with Crippen molar-refractivity contribution >= 4 is 23.6 Å². The Morgan fingerprint density at radius 2 is 1.92 bits per heavy atom. The van der Waals surface area contributed by atoms with Gasteiger partial charge in [0.2, 0.25) is 5.91 Å². The smallest absolute Gasteiger partial charge is 0.300 e. The fourth-order valence-corrected chi connectivity index (χ4v) is 0.877. The molecular formula is C7H16N2O3S. The zero-order valence-electron chi connectivity index (χ0n) is 7.82. The minimum atomic E-state index is -0.833. The highest BCUT2D eigenvalue weighted by atomic mass is 32.2. The molecule has 1 amide bonds. The SMILES string of the molecule is CC(=O)O.CSCC[C@H](N)C(N)=O.